The summed E-state index contributed by atoms with van der Waals surface area (Å²) in [6, 6.07) is 4.62. The normalized spacial score (nSPS) is 22.1. The standard InChI is InChI=1S/C16H25N3O/c1-17-9-5-8-15(17)16(20)19-12-10-18(11-13-19)14-6-3-2-4-7-14/h5,8-9,14H,2-4,6-7,10-13H2,1H3. The maximum Gasteiger partial charge on any atom is 0.270 e. The largest absolute Gasteiger partial charge is 0.347 e. The Hall–Kier alpha value is -1.29. The fourth-order valence-electron chi connectivity index (χ4n) is 3.58. The van der Waals surface area contributed by atoms with Gasteiger partial charge in [-0.1, -0.05) is 19.3 Å². The molecule has 1 saturated heterocycles. The van der Waals surface area contributed by atoms with Gasteiger partial charge in [-0.05, 0) is 25.0 Å². The molecule has 1 aromatic heterocycles. The van der Waals surface area contributed by atoms with Gasteiger partial charge in [0.15, 0.2) is 0 Å². The van der Waals surface area contributed by atoms with E-state index in [2.05, 4.69) is 4.90 Å². The Kier molecular flexibility index (Phi) is 4.10. The van der Waals surface area contributed by atoms with Gasteiger partial charge in [0, 0.05) is 45.5 Å². The first-order chi connectivity index (χ1) is 9.75. The second kappa shape index (κ2) is 6.00. The zero-order valence-electron chi connectivity index (χ0n) is 12.4. The number of amides is 1. The second-order valence-corrected chi connectivity index (χ2v) is 6.12. The Labute approximate surface area is 121 Å². The maximum atomic E-state index is 12.5. The highest BCUT2D eigenvalue weighted by Crippen LogP contribution is 2.23. The van der Waals surface area contributed by atoms with Crippen molar-refractivity contribution in [3.8, 4) is 0 Å². The van der Waals surface area contributed by atoms with Crippen LogP contribution in [0.4, 0.5) is 0 Å². The van der Waals surface area contributed by atoms with Gasteiger partial charge < -0.3 is 9.47 Å². The third kappa shape index (κ3) is 2.75. The van der Waals surface area contributed by atoms with Crippen LogP contribution in [-0.4, -0.2) is 52.5 Å². The summed E-state index contributed by atoms with van der Waals surface area (Å²) in [5, 5.41) is 0. The molecule has 0 atom stereocenters. The molecule has 2 fully saturated rings. The first-order valence-corrected chi connectivity index (χ1v) is 7.90. The molecule has 0 bridgehead atoms. The predicted molar refractivity (Wildman–Crippen MR) is 79.8 cm³/mol. The molecule has 1 aliphatic heterocycles. The molecule has 0 unspecified atom stereocenters. The van der Waals surface area contributed by atoms with Crippen LogP contribution >= 0.6 is 0 Å². The van der Waals surface area contributed by atoms with Crippen LogP contribution in [0.15, 0.2) is 18.3 Å². The van der Waals surface area contributed by atoms with Crippen LogP contribution in [0.3, 0.4) is 0 Å². The number of carbonyl (C=O) groups excluding carboxylic acids is 1. The van der Waals surface area contributed by atoms with E-state index >= 15 is 0 Å². The van der Waals surface area contributed by atoms with Crippen molar-refractivity contribution in [1.29, 1.82) is 0 Å². The number of hydrogen-bond acceptors (Lipinski definition) is 2. The molecule has 3 rings (SSSR count). The number of carbonyl (C=O) groups is 1. The van der Waals surface area contributed by atoms with Crippen molar-refractivity contribution in [1.82, 2.24) is 14.4 Å². The van der Waals surface area contributed by atoms with Gasteiger partial charge in [0.25, 0.3) is 5.91 Å². The molecular weight excluding hydrogens is 250 g/mol. The Morgan fingerprint density at radius 3 is 2.40 bits per heavy atom. The van der Waals surface area contributed by atoms with E-state index in [9.17, 15) is 4.79 Å². The molecule has 110 valence electrons. The first kappa shape index (κ1) is 13.7. The molecule has 0 radical (unpaired) electrons. The predicted octanol–water partition coefficient (Wildman–Crippen LogP) is 2.12. The molecular formula is C16H25N3O. The first-order valence-electron chi connectivity index (χ1n) is 7.90. The van der Waals surface area contributed by atoms with Crippen molar-refractivity contribution in [3.63, 3.8) is 0 Å². The van der Waals surface area contributed by atoms with Crippen molar-refractivity contribution in [3.05, 3.63) is 24.0 Å². The van der Waals surface area contributed by atoms with E-state index in [0.717, 1.165) is 37.9 Å². The molecule has 1 amide bonds. The van der Waals surface area contributed by atoms with Crippen LogP contribution in [0.25, 0.3) is 0 Å². The monoisotopic (exact) mass is 275 g/mol. The molecule has 2 heterocycles. The Bertz CT molecular complexity index is 454. The van der Waals surface area contributed by atoms with E-state index in [1.807, 2.05) is 34.8 Å². The number of aryl methyl sites for hydroxylation is 1. The van der Waals surface area contributed by atoms with Crippen molar-refractivity contribution < 1.29 is 4.79 Å². The highest BCUT2D eigenvalue weighted by atomic mass is 16.2. The summed E-state index contributed by atoms with van der Waals surface area (Å²) < 4.78 is 1.91. The van der Waals surface area contributed by atoms with E-state index in [0.29, 0.717) is 0 Å². The molecule has 0 N–H and O–H groups in total. The quantitative estimate of drug-likeness (QED) is 0.827. The minimum absolute atomic E-state index is 0.181. The number of aromatic nitrogens is 1. The number of rotatable bonds is 2. The lowest BCUT2D eigenvalue weighted by Gasteiger charge is -2.40. The molecule has 1 saturated carbocycles. The summed E-state index contributed by atoms with van der Waals surface area (Å²) in [7, 11) is 1.94. The van der Waals surface area contributed by atoms with Gasteiger partial charge in [-0.3, -0.25) is 9.69 Å². The van der Waals surface area contributed by atoms with Gasteiger partial charge in [0.1, 0.15) is 5.69 Å². The van der Waals surface area contributed by atoms with Gasteiger partial charge >= 0.3 is 0 Å². The molecule has 0 spiro atoms. The number of piperazine rings is 1. The van der Waals surface area contributed by atoms with Gasteiger partial charge in [-0.2, -0.15) is 0 Å². The third-order valence-corrected chi connectivity index (χ3v) is 4.86. The lowest BCUT2D eigenvalue weighted by molar-refractivity contribution is 0.0515. The topological polar surface area (TPSA) is 28.5 Å². The summed E-state index contributed by atoms with van der Waals surface area (Å²) in [6.45, 7) is 3.84. The van der Waals surface area contributed by atoms with Crippen LogP contribution in [0, 0.1) is 0 Å². The Morgan fingerprint density at radius 1 is 1.10 bits per heavy atom. The van der Waals surface area contributed by atoms with Crippen LogP contribution in [0.5, 0.6) is 0 Å². The SMILES string of the molecule is Cn1cccc1C(=O)N1CCN(C2CCCCC2)CC1. The summed E-state index contributed by atoms with van der Waals surface area (Å²) >= 11 is 0. The van der Waals surface area contributed by atoms with Crippen molar-refractivity contribution in [2.75, 3.05) is 26.2 Å². The highest BCUT2D eigenvalue weighted by molar-refractivity contribution is 5.92. The van der Waals surface area contributed by atoms with Crippen molar-refractivity contribution in [2.24, 2.45) is 7.05 Å². The average molecular weight is 275 g/mol. The lowest BCUT2D eigenvalue weighted by atomic mass is 9.94. The zero-order chi connectivity index (χ0) is 13.9. The summed E-state index contributed by atoms with van der Waals surface area (Å²) in [6.07, 6.45) is 8.81. The van der Waals surface area contributed by atoms with Gasteiger partial charge in [0.05, 0.1) is 0 Å². The third-order valence-electron chi connectivity index (χ3n) is 4.86. The summed E-state index contributed by atoms with van der Waals surface area (Å²) in [5.74, 6) is 0.181. The second-order valence-electron chi connectivity index (χ2n) is 6.12. The number of hydrogen-bond donors (Lipinski definition) is 0. The van der Waals surface area contributed by atoms with Crippen LogP contribution in [0.2, 0.25) is 0 Å². The number of nitrogens with zero attached hydrogens (tertiary/aromatic N) is 3. The van der Waals surface area contributed by atoms with E-state index in [1.165, 1.54) is 32.1 Å². The van der Waals surface area contributed by atoms with Crippen LogP contribution in [-0.2, 0) is 7.05 Å². The molecule has 4 heteroatoms. The Balaban J connectivity index is 1.55. The molecule has 2 aliphatic rings. The fourth-order valence-corrected chi connectivity index (χ4v) is 3.58. The van der Waals surface area contributed by atoms with Gasteiger partial charge in [-0.15, -0.1) is 0 Å². The minimum Gasteiger partial charge on any atom is -0.347 e. The van der Waals surface area contributed by atoms with Crippen LogP contribution in [0.1, 0.15) is 42.6 Å². The van der Waals surface area contributed by atoms with E-state index in [1.54, 1.807) is 0 Å². The molecule has 1 aromatic rings. The van der Waals surface area contributed by atoms with Crippen molar-refractivity contribution in [2.45, 2.75) is 38.1 Å². The lowest BCUT2D eigenvalue weighted by Crippen LogP contribution is -2.52. The molecule has 1 aliphatic carbocycles. The molecule has 4 nitrogen and oxygen atoms in total. The van der Waals surface area contributed by atoms with Crippen molar-refractivity contribution >= 4 is 5.91 Å². The van der Waals surface area contributed by atoms with E-state index in [-0.39, 0.29) is 5.91 Å². The van der Waals surface area contributed by atoms with Gasteiger partial charge in [-0.25, -0.2) is 0 Å². The summed E-state index contributed by atoms with van der Waals surface area (Å²) in [5.41, 5.74) is 0.802. The van der Waals surface area contributed by atoms with Gasteiger partial charge in [0.2, 0.25) is 0 Å². The minimum atomic E-state index is 0.181. The van der Waals surface area contributed by atoms with E-state index < -0.39 is 0 Å². The zero-order valence-corrected chi connectivity index (χ0v) is 12.4. The highest BCUT2D eigenvalue weighted by Gasteiger charge is 2.27. The smallest absolute Gasteiger partial charge is 0.270 e. The maximum absolute atomic E-state index is 12.5. The Morgan fingerprint density at radius 2 is 1.80 bits per heavy atom. The average Bonchev–Trinajstić information content (AvgIpc) is 2.94. The summed E-state index contributed by atoms with van der Waals surface area (Å²) in [4.78, 5) is 17.1. The fraction of sp³-hybridized carbons (Fsp3) is 0.688. The molecule has 0 aromatic carbocycles. The van der Waals surface area contributed by atoms with E-state index in [4.69, 9.17) is 0 Å². The molecule has 20 heavy (non-hydrogen) atoms. The van der Waals surface area contributed by atoms with Crippen LogP contribution < -0.4 is 0 Å².